The topological polar surface area (TPSA) is 106 Å². The quantitative estimate of drug-likeness (QED) is 0.242. The molecule has 6 rings (SSSR count). The van der Waals surface area contributed by atoms with Crippen LogP contribution >= 0.6 is 0 Å². The van der Waals surface area contributed by atoms with E-state index in [4.69, 9.17) is 4.74 Å². The second kappa shape index (κ2) is 10.1. The molecule has 0 atom stereocenters. The molecule has 2 aromatic carbocycles. The van der Waals surface area contributed by atoms with Gasteiger partial charge in [0.25, 0.3) is 0 Å². The first-order valence-electron chi connectivity index (χ1n) is 12.4. The summed E-state index contributed by atoms with van der Waals surface area (Å²) in [7, 11) is 0. The average molecular weight is 538 g/mol. The predicted octanol–water partition coefficient (Wildman–Crippen LogP) is 6.12. The molecule has 0 bridgehead atoms. The molecule has 2 N–H and O–H groups in total. The van der Waals surface area contributed by atoms with Gasteiger partial charge in [0.2, 0.25) is 11.8 Å². The van der Waals surface area contributed by atoms with Crippen LogP contribution in [-0.2, 0) is 9.59 Å². The second-order valence-electron chi connectivity index (χ2n) is 9.38. The second-order valence-corrected chi connectivity index (χ2v) is 9.38. The lowest BCUT2D eigenvalue weighted by molar-refractivity contribution is -0.131. The molecule has 3 heterocycles. The van der Waals surface area contributed by atoms with E-state index in [2.05, 4.69) is 25.6 Å². The van der Waals surface area contributed by atoms with Gasteiger partial charge in [-0.15, -0.1) is 0 Å². The number of ether oxygens (including phenoxy) is 1. The fourth-order valence-electron chi connectivity index (χ4n) is 4.28. The zero-order valence-electron chi connectivity index (χ0n) is 20.9. The van der Waals surface area contributed by atoms with E-state index in [1.807, 2.05) is 18.2 Å². The molecule has 0 aliphatic heterocycles. The van der Waals surface area contributed by atoms with Gasteiger partial charge in [0.05, 0.1) is 16.6 Å². The van der Waals surface area contributed by atoms with Gasteiger partial charge < -0.3 is 15.4 Å². The molecule has 1 aliphatic rings. The van der Waals surface area contributed by atoms with Crippen molar-refractivity contribution in [3.8, 4) is 22.8 Å². The molecule has 2 amide bonds. The van der Waals surface area contributed by atoms with Crippen molar-refractivity contribution in [2.75, 3.05) is 10.6 Å². The molecule has 1 fully saturated rings. The molecule has 1 saturated carbocycles. The molecule has 5 aromatic rings. The maximum atomic E-state index is 15.0. The van der Waals surface area contributed by atoms with Crippen molar-refractivity contribution < 1.29 is 23.1 Å². The van der Waals surface area contributed by atoms with Crippen molar-refractivity contribution in [3.05, 3.63) is 103 Å². The highest BCUT2D eigenvalue weighted by atomic mass is 19.1. The van der Waals surface area contributed by atoms with Gasteiger partial charge in [-0.05, 0) is 73.5 Å². The Morgan fingerprint density at radius 1 is 0.775 bits per heavy atom. The lowest BCUT2D eigenvalue weighted by atomic mass is 10.0. The fourth-order valence-corrected chi connectivity index (χ4v) is 4.28. The Morgan fingerprint density at radius 3 is 2.17 bits per heavy atom. The third-order valence-corrected chi connectivity index (χ3v) is 6.69. The molecule has 1 aliphatic carbocycles. The van der Waals surface area contributed by atoms with Crippen LogP contribution in [0.2, 0.25) is 0 Å². The lowest BCUT2D eigenvalue weighted by Gasteiger charge is -2.16. The van der Waals surface area contributed by atoms with Crippen molar-refractivity contribution in [3.63, 3.8) is 0 Å². The standard InChI is InChI=1S/C30H21F2N5O3/c31-19-1-3-20(4-2-19)36-28(38)30(10-11-30)29(39)37-21-5-6-27(23(32)15-21)40-26-9-14-34-25-16-24(35-17-22(25)26)18-7-12-33-13-8-18/h1-9,12-17H,10-11H2,(H,36,38)(H,37,39). The van der Waals surface area contributed by atoms with Crippen LogP contribution in [0, 0.1) is 17.0 Å². The highest BCUT2D eigenvalue weighted by Crippen LogP contribution is 2.47. The zero-order chi connectivity index (χ0) is 27.7. The summed E-state index contributed by atoms with van der Waals surface area (Å²) >= 11 is 0. The number of nitrogens with one attached hydrogen (secondary N) is 2. The average Bonchev–Trinajstić information content (AvgIpc) is 3.79. The van der Waals surface area contributed by atoms with Crippen molar-refractivity contribution in [1.29, 1.82) is 0 Å². The summed E-state index contributed by atoms with van der Waals surface area (Å²) in [6, 6.07) is 16.4. The number of anilines is 2. The van der Waals surface area contributed by atoms with Crippen molar-refractivity contribution >= 4 is 34.1 Å². The largest absolute Gasteiger partial charge is 0.453 e. The molecule has 0 saturated heterocycles. The SMILES string of the molecule is O=C(Nc1ccc(F)cc1)C1(C(=O)Nc2ccc(Oc3ccnc4cc(-c5ccncc5)ncc34)c(F)c2)CC1. The number of fused-ring (bicyclic) bond motifs is 1. The molecule has 8 nitrogen and oxygen atoms in total. The Hall–Kier alpha value is -5.25. The van der Waals surface area contributed by atoms with E-state index >= 15 is 4.39 Å². The van der Waals surface area contributed by atoms with Crippen LogP contribution in [-0.4, -0.2) is 26.8 Å². The van der Waals surface area contributed by atoms with E-state index in [1.165, 1.54) is 36.4 Å². The minimum Gasteiger partial charge on any atom is -0.453 e. The Balaban J connectivity index is 1.16. The van der Waals surface area contributed by atoms with E-state index in [0.717, 1.165) is 11.6 Å². The smallest absolute Gasteiger partial charge is 0.240 e. The third-order valence-electron chi connectivity index (χ3n) is 6.69. The van der Waals surface area contributed by atoms with Crippen LogP contribution < -0.4 is 15.4 Å². The Labute approximate surface area is 227 Å². The van der Waals surface area contributed by atoms with Gasteiger partial charge in [-0.1, -0.05) is 0 Å². The summed E-state index contributed by atoms with van der Waals surface area (Å²) in [5, 5.41) is 5.86. The number of hydrogen-bond donors (Lipinski definition) is 2. The minimum absolute atomic E-state index is 0.0566. The van der Waals surface area contributed by atoms with Gasteiger partial charge in [0.15, 0.2) is 11.6 Å². The highest BCUT2D eigenvalue weighted by molar-refractivity contribution is 6.16. The Morgan fingerprint density at radius 2 is 1.48 bits per heavy atom. The van der Waals surface area contributed by atoms with Crippen molar-refractivity contribution in [2.24, 2.45) is 5.41 Å². The van der Waals surface area contributed by atoms with Gasteiger partial charge in [-0.3, -0.25) is 24.5 Å². The number of nitrogens with zero attached hydrogens (tertiary/aromatic N) is 3. The number of rotatable bonds is 7. The molecule has 0 radical (unpaired) electrons. The normalized spacial score (nSPS) is 13.4. The van der Waals surface area contributed by atoms with Gasteiger partial charge in [0.1, 0.15) is 17.0 Å². The molecule has 10 heteroatoms. The van der Waals surface area contributed by atoms with Crippen LogP contribution in [0.25, 0.3) is 22.2 Å². The summed E-state index contributed by atoms with van der Waals surface area (Å²) in [4.78, 5) is 38.6. The summed E-state index contributed by atoms with van der Waals surface area (Å²) in [5.74, 6) is -1.87. The number of benzene rings is 2. The van der Waals surface area contributed by atoms with Crippen molar-refractivity contribution in [2.45, 2.75) is 12.8 Å². The summed E-state index contributed by atoms with van der Waals surface area (Å²) in [5.41, 5.74) is 1.51. The van der Waals surface area contributed by atoms with E-state index < -0.39 is 28.9 Å². The van der Waals surface area contributed by atoms with E-state index in [0.29, 0.717) is 40.9 Å². The highest BCUT2D eigenvalue weighted by Gasteiger charge is 2.56. The lowest BCUT2D eigenvalue weighted by Crippen LogP contribution is -2.35. The van der Waals surface area contributed by atoms with Crippen LogP contribution in [0.3, 0.4) is 0 Å². The van der Waals surface area contributed by atoms with Crippen LogP contribution in [0.4, 0.5) is 20.2 Å². The molecule has 3 aromatic heterocycles. The van der Waals surface area contributed by atoms with Crippen LogP contribution in [0.1, 0.15) is 12.8 Å². The van der Waals surface area contributed by atoms with Gasteiger partial charge in [-0.25, -0.2) is 8.78 Å². The molecular weight excluding hydrogens is 516 g/mol. The number of amides is 2. The number of pyridine rings is 3. The first-order chi connectivity index (χ1) is 19.4. The number of carbonyl (C=O) groups is 2. The zero-order valence-corrected chi connectivity index (χ0v) is 20.9. The molecule has 40 heavy (non-hydrogen) atoms. The Bertz CT molecular complexity index is 1740. The number of carbonyl (C=O) groups excluding carboxylic acids is 2. The first-order valence-corrected chi connectivity index (χ1v) is 12.4. The van der Waals surface area contributed by atoms with E-state index in [1.54, 1.807) is 30.9 Å². The summed E-state index contributed by atoms with van der Waals surface area (Å²) in [6.45, 7) is 0. The van der Waals surface area contributed by atoms with Crippen LogP contribution in [0.5, 0.6) is 11.5 Å². The predicted molar refractivity (Wildman–Crippen MR) is 145 cm³/mol. The van der Waals surface area contributed by atoms with E-state index in [-0.39, 0.29) is 11.4 Å². The van der Waals surface area contributed by atoms with Gasteiger partial charge in [-0.2, -0.15) is 0 Å². The molecule has 0 unspecified atom stereocenters. The van der Waals surface area contributed by atoms with Gasteiger partial charge >= 0.3 is 0 Å². The number of hydrogen-bond acceptors (Lipinski definition) is 6. The maximum Gasteiger partial charge on any atom is 0.240 e. The van der Waals surface area contributed by atoms with Gasteiger partial charge in [0, 0.05) is 47.8 Å². The number of halogens is 2. The summed E-state index contributed by atoms with van der Waals surface area (Å²) in [6.07, 6.45) is 7.23. The first kappa shape index (κ1) is 25.1. The maximum absolute atomic E-state index is 15.0. The monoisotopic (exact) mass is 537 g/mol. The number of aromatic nitrogens is 3. The summed E-state index contributed by atoms with van der Waals surface area (Å²) < 4.78 is 34.0. The van der Waals surface area contributed by atoms with Crippen LogP contribution in [0.15, 0.2) is 91.5 Å². The fraction of sp³-hybridized carbons (Fsp3) is 0.100. The third kappa shape index (κ3) is 4.94. The van der Waals surface area contributed by atoms with E-state index in [9.17, 15) is 14.0 Å². The molecule has 0 spiro atoms. The Kier molecular flexibility index (Phi) is 6.35. The minimum atomic E-state index is -1.27. The van der Waals surface area contributed by atoms with Crippen molar-refractivity contribution in [1.82, 2.24) is 15.0 Å². The molecule has 198 valence electrons. The molecular formula is C30H21F2N5O3.